The summed E-state index contributed by atoms with van der Waals surface area (Å²) in [5.41, 5.74) is 0. The van der Waals surface area contributed by atoms with Crippen LogP contribution >= 0.6 is 15.6 Å². The van der Waals surface area contributed by atoms with Crippen molar-refractivity contribution in [2.75, 3.05) is 39.6 Å². The molecule has 0 aromatic rings. The van der Waals surface area contributed by atoms with Gasteiger partial charge in [-0.15, -0.1) is 0 Å². The first-order chi connectivity index (χ1) is 42.8. The van der Waals surface area contributed by atoms with Gasteiger partial charge in [-0.3, -0.25) is 37.3 Å². The first-order valence-corrected chi connectivity index (χ1v) is 39.4. The minimum Gasteiger partial charge on any atom is -0.462 e. The molecule has 89 heavy (non-hydrogen) atoms. The van der Waals surface area contributed by atoms with Crippen LogP contribution < -0.4 is 0 Å². The average Bonchev–Trinajstić information content (AvgIpc) is 3.56. The number of phosphoric ester groups is 2. The molecule has 0 aliphatic heterocycles. The molecular formula is C70H136O17P2. The van der Waals surface area contributed by atoms with Gasteiger partial charge in [-0.25, -0.2) is 9.13 Å². The molecule has 0 aromatic carbocycles. The van der Waals surface area contributed by atoms with Gasteiger partial charge >= 0.3 is 39.5 Å². The van der Waals surface area contributed by atoms with Crippen LogP contribution in [0.25, 0.3) is 0 Å². The van der Waals surface area contributed by atoms with Crippen molar-refractivity contribution in [3.63, 3.8) is 0 Å². The van der Waals surface area contributed by atoms with Gasteiger partial charge in [0.05, 0.1) is 26.4 Å². The van der Waals surface area contributed by atoms with E-state index in [1.165, 1.54) is 161 Å². The number of carbonyl (C=O) groups is 4. The average molecular weight is 1310 g/mol. The Morgan fingerprint density at radius 2 is 0.573 bits per heavy atom. The van der Waals surface area contributed by atoms with E-state index in [4.69, 9.17) is 37.0 Å². The lowest BCUT2D eigenvalue weighted by molar-refractivity contribution is -0.161. The summed E-state index contributed by atoms with van der Waals surface area (Å²) < 4.78 is 68.2. The molecule has 0 spiro atoms. The molecule has 3 N–H and O–H groups in total. The molecule has 6 atom stereocenters. The Morgan fingerprint density at radius 1 is 0.326 bits per heavy atom. The van der Waals surface area contributed by atoms with Crippen LogP contribution in [0.5, 0.6) is 0 Å². The van der Waals surface area contributed by atoms with Gasteiger partial charge in [0, 0.05) is 25.7 Å². The molecule has 0 aliphatic carbocycles. The van der Waals surface area contributed by atoms with E-state index in [2.05, 4.69) is 48.5 Å². The highest BCUT2D eigenvalue weighted by atomic mass is 31.2. The van der Waals surface area contributed by atoms with Crippen molar-refractivity contribution in [1.29, 1.82) is 0 Å². The minimum absolute atomic E-state index is 0.103. The highest BCUT2D eigenvalue weighted by Crippen LogP contribution is 2.45. The maximum atomic E-state index is 13.0. The second kappa shape index (κ2) is 61.0. The van der Waals surface area contributed by atoms with Gasteiger partial charge in [-0.2, -0.15) is 0 Å². The van der Waals surface area contributed by atoms with Crippen LogP contribution in [0, 0.1) is 17.8 Å². The number of unbranched alkanes of at least 4 members (excludes halogenated alkanes) is 35. The van der Waals surface area contributed by atoms with Crippen LogP contribution in [0.2, 0.25) is 0 Å². The monoisotopic (exact) mass is 1310 g/mol. The molecule has 3 unspecified atom stereocenters. The molecular weight excluding hydrogens is 1170 g/mol. The molecule has 19 heteroatoms. The summed E-state index contributed by atoms with van der Waals surface area (Å²) in [6.07, 6.45) is 44.5. The predicted molar refractivity (Wildman–Crippen MR) is 358 cm³/mol. The standard InChI is InChI=1S/C70H136O17P2/c1-8-10-11-12-13-14-22-30-37-44-51-67(72)80-58-66(87-70(75)54-47-40-33-26-28-35-42-49-62(5)6)60-85-89(78,79)83-56-64(71)55-82-88(76,77)84-59-65(57-81-68(73)52-45-38-31-25-24-27-34-41-48-61(3)4)86-69(74)53-46-39-32-23-20-18-16-15-17-19-21-29-36-43-50-63(7)9-2/h61-66,71H,8-60H2,1-7H3,(H,76,77)(H,78,79)/t63?,64-,65-,66-/m1/s1. The Kier molecular flexibility index (Phi) is 59.6. The number of hydrogen-bond donors (Lipinski definition) is 3. The summed E-state index contributed by atoms with van der Waals surface area (Å²) in [5.74, 6) is 0.139. The third-order valence-electron chi connectivity index (χ3n) is 16.5. The molecule has 0 amide bonds. The van der Waals surface area contributed by atoms with E-state index in [9.17, 15) is 43.2 Å². The third kappa shape index (κ3) is 63.2. The fraction of sp³-hybridized carbons (Fsp3) is 0.943. The molecule has 0 bridgehead atoms. The number of hydrogen-bond acceptors (Lipinski definition) is 15. The first kappa shape index (κ1) is 87.1. The number of phosphoric acid groups is 2. The topological polar surface area (TPSA) is 237 Å². The fourth-order valence-corrected chi connectivity index (χ4v) is 12.1. The Hall–Kier alpha value is -1.94. The van der Waals surface area contributed by atoms with Gasteiger partial charge < -0.3 is 33.8 Å². The number of aliphatic hydroxyl groups excluding tert-OH is 1. The zero-order valence-electron chi connectivity index (χ0n) is 57.9. The molecule has 0 aliphatic rings. The Bertz CT molecular complexity index is 1750. The summed E-state index contributed by atoms with van der Waals surface area (Å²) >= 11 is 0. The Labute approximate surface area is 543 Å². The molecule has 0 fully saturated rings. The smallest absolute Gasteiger partial charge is 0.462 e. The Morgan fingerprint density at radius 3 is 0.854 bits per heavy atom. The summed E-state index contributed by atoms with van der Waals surface area (Å²) in [6, 6.07) is 0. The van der Waals surface area contributed by atoms with Gasteiger partial charge in [0.1, 0.15) is 19.3 Å². The van der Waals surface area contributed by atoms with Gasteiger partial charge in [0.25, 0.3) is 0 Å². The quantitative estimate of drug-likeness (QED) is 0.0222. The summed E-state index contributed by atoms with van der Waals surface area (Å²) in [4.78, 5) is 72.5. The van der Waals surface area contributed by atoms with E-state index in [1.54, 1.807) is 0 Å². The van der Waals surface area contributed by atoms with Gasteiger partial charge in [0.15, 0.2) is 12.2 Å². The summed E-state index contributed by atoms with van der Waals surface area (Å²) in [7, 11) is -9.90. The van der Waals surface area contributed by atoms with Crippen molar-refractivity contribution >= 4 is 39.5 Å². The lowest BCUT2D eigenvalue weighted by Gasteiger charge is -2.21. The maximum Gasteiger partial charge on any atom is 0.472 e. The van der Waals surface area contributed by atoms with E-state index in [-0.39, 0.29) is 25.7 Å². The van der Waals surface area contributed by atoms with E-state index >= 15 is 0 Å². The first-order valence-electron chi connectivity index (χ1n) is 36.4. The van der Waals surface area contributed by atoms with E-state index in [1.807, 2.05) is 0 Å². The number of rotatable bonds is 68. The molecule has 528 valence electrons. The lowest BCUT2D eigenvalue weighted by atomic mass is 9.99. The van der Waals surface area contributed by atoms with Crippen molar-refractivity contribution in [3.8, 4) is 0 Å². The maximum absolute atomic E-state index is 13.0. The van der Waals surface area contributed by atoms with Crippen molar-refractivity contribution in [2.45, 2.75) is 369 Å². The number of esters is 4. The van der Waals surface area contributed by atoms with Crippen molar-refractivity contribution < 1.29 is 80.2 Å². The molecule has 0 heterocycles. The van der Waals surface area contributed by atoms with Crippen LogP contribution in [-0.2, 0) is 65.4 Å². The molecule has 0 rings (SSSR count). The molecule has 0 saturated heterocycles. The molecule has 0 aromatic heterocycles. The van der Waals surface area contributed by atoms with E-state index < -0.39 is 97.5 Å². The van der Waals surface area contributed by atoms with Crippen molar-refractivity contribution in [3.05, 3.63) is 0 Å². The van der Waals surface area contributed by atoms with E-state index in [0.29, 0.717) is 31.6 Å². The summed E-state index contributed by atoms with van der Waals surface area (Å²) in [5, 5.41) is 10.6. The molecule has 0 radical (unpaired) electrons. The van der Waals surface area contributed by atoms with Gasteiger partial charge in [-0.1, -0.05) is 299 Å². The third-order valence-corrected chi connectivity index (χ3v) is 18.4. The number of carbonyl (C=O) groups excluding carboxylic acids is 4. The van der Waals surface area contributed by atoms with Crippen LogP contribution in [0.4, 0.5) is 0 Å². The van der Waals surface area contributed by atoms with Crippen LogP contribution in [0.1, 0.15) is 350 Å². The largest absolute Gasteiger partial charge is 0.472 e. The SMILES string of the molecule is CCCCCCCCCCCCC(=O)OC[C@H](COP(=O)(O)OC[C@H](O)COP(=O)(O)OC[C@@H](COC(=O)CCCCCCCCCCC(C)C)OC(=O)CCCCCCCCCCCCCCCCC(C)CC)OC(=O)CCCCCCCCCC(C)C. The molecule has 0 saturated carbocycles. The lowest BCUT2D eigenvalue weighted by Crippen LogP contribution is -2.30. The normalized spacial score (nSPS) is 14.5. The minimum atomic E-state index is -4.95. The van der Waals surface area contributed by atoms with Crippen LogP contribution in [0.15, 0.2) is 0 Å². The van der Waals surface area contributed by atoms with Crippen LogP contribution in [-0.4, -0.2) is 96.7 Å². The Balaban J connectivity index is 5.21. The zero-order valence-corrected chi connectivity index (χ0v) is 59.7. The highest BCUT2D eigenvalue weighted by Gasteiger charge is 2.30. The highest BCUT2D eigenvalue weighted by molar-refractivity contribution is 7.47. The zero-order chi connectivity index (χ0) is 65.9. The van der Waals surface area contributed by atoms with Gasteiger partial charge in [-0.05, 0) is 43.4 Å². The summed E-state index contributed by atoms with van der Waals surface area (Å²) in [6.45, 7) is 11.8. The van der Waals surface area contributed by atoms with Crippen molar-refractivity contribution in [1.82, 2.24) is 0 Å². The second-order valence-corrected chi connectivity index (χ2v) is 29.4. The second-order valence-electron chi connectivity index (χ2n) is 26.5. The van der Waals surface area contributed by atoms with E-state index in [0.717, 1.165) is 102 Å². The number of ether oxygens (including phenoxy) is 4. The van der Waals surface area contributed by atoms with Crippen LogP contribution in [0.3, 0.4) is 0 Å². The van der Waals surface area contributed by atoms with Gasteiger partial charge in [0.2, 0.25) is 0 Å². The predicted octanol–water partition coefficient (Wildman–Crippen LogP) is 19.8. The molecule has 17 nitrogen and oxygen atoms in total. The number of aliphatic hydroxyl groups is 1. The fourth-order valence-electron chi connectivity index (χ4n) is 10.5. The van der Waals surface area contributed by atoms with Crippen molar-refractivity contribution in [2.24, 2.45) is 17.8 Å².